The molecule has 0 aliphatic carbocycles. The molecule has 0 fully saturated rings. The first-order valence-corrected chi connectivity index (χ1v) is 9.60. The highest BCUT2D eigenvalue weighted by Crippen LogP contribution is 2.24. The van der Waals surface area contributed by atoms with Crippen molar-refractivity contribution in [3.05, 3.63) is 76.7 Å². The van der Waals surface area contributed by atoms with E-state index in [4.69, 9.17) is 0 Å². The van der Waals surface area contributed by atoms with Crippen LogP contribution in [0.2, 0.25) is 0 Å². The minimum absolute atomic E-state index is 0.0548. The molecule has 0 radical (unpaired) electrons. The Hall–Kier alpha value is -2.11. The summed E-state index contributed by atoms with van der Waals surface area (Å²) in [5, 5.41) is 4.99. The highest BCUT2D eigenvalue weighted by molar-refractivity contribution is 7.98. The van der Waals surface area contributed by atoms with E-state index in [9.17, 15) is 4.79 Å². The maximum Gasteiger partial charge on any atom is 0.224 e. The smallest absolute Gasteiger partial charge is 0.224 e. The van der Waals surface area contributed by atoms with E-state index in [1.807, 2.05) is 48.0 Å². The lowest BCUT2D eigenvalue weighted by Gasteiger charge is -2.06. The fourth-order valence-corrected chi connectivity index (χ4v) is 3.74. The van der Waals surface area contributed by atoms with Gasteiger partial charge in [-0.3, -0.25) is 9.78 Å². The van der Waals surface area contributed by atoms with Crippen molar-refractivity contribution >= 4 is 34.7 Å². The van der Waals surface area contributed by atoms with Crippen LogP contribution in [0.4, 0.5) is 5.69 Å². The van der Waals surface area contributed by atoms with Crippen molar-refractivity contribution in [2.45, 2.75) is 23.5 Å². The number of nitrogens with zero attached hydrogens (tertiary/aromatic N) is 1. The monoisotopic (exact) mass is 354 g/mol. The summed E-state index contributed by atoms with van der Waals surface area (Å²) >= 11 is 3.45. The molecular formula is C19H18N2OS2. The molecule has 2 aromatic heterocycles. The fourth-order valence-electron chi connectivity index (χ4n) is 2.20. The predicted molar refractivity (Wildman–Crippen MR) is 102 cm³/mol. The van der Waals surface area contributed by atoms with Crippen LogP contribution in [-0.4, -0.2) is 10.9 Å². The molecule has 122 valence electrons. The lowest BCUT2D eigenvalue weighted by Crippen LogP contribution is -2.11. The number of anilines is 1. The first-order chi connectivity index (χ1) is 11.8. The molecule has 5 heteroatoms. The molecule has 0 unspecified atom stereocenters. The maximum atomic E-state index is 12.0. The van der Waals surface area contributed by atoms with E-state index in [2.05, 4.69) is 22.4 Å². The van der Waals surface area contributed by atoms with Crippen LogP contribution < -0.4 is 5.32 Å². The van der Waals surface area contributed by atoms with Crippen molar-refractivity contribution in [1.82, 2.24) is 4.98 Å². The van der Waals surface area contributed by atoms with Crippen LogP contribution in [0.15, 0.2) is 71.2 Å². The zero-order valence-corrected chi connectivity index (χ0v) is 14.8. The quantitative estimate of drug-likeness (QED) is 0.607. The minimum atomic E-state index is 0.0548. The third-order valence-corrected chi connectivity index (χ3v) is 5.46. The molecule has 0 spiro atoms. The number of hydrogen-bond acceptors (Lipinski definition) is 4. The van der Waals surface area contributed by atoms with Gasteiger partial charge in [-0.2, -0.15) is 0 Å². The van der Waals surface area contributed by atoms with Crippen LogP contribution in [0, 0.1) is 0 Å². The number of thioether (sulfide) groups is 1. The normalized spacial score (nSPS) is 10.5. The van der Waals surface area contributed by atoms with Crippen molar-refractivity contribution < 1.29 is 4.79 Å². The van der Waals surface area contributed by atoms with Gasteiger partial charge in [-0.25, -0.2) is 0 Å². The van der Waals surface area contributed by atoms with Crippen LogP contribution in [0.25, 0.3) is 0 Å². The topological polar surface area (TPSA) is 42.0 Å². The van der Waals surface area contributed by atoms with Crippen LogP contribution >= 0.6 is 23.1 Å². The first kappa shape index (κ1) is 16.7. The van der Waals surface area contributed by atoms with Crippen LogP contribution in [0.5, 0.6) is 0 Å². The van der Waals surface area contributed by atoms with Crippen LogP contribution in [0.1, 0.15) is 16.9 Å². The number of aryl methyl sites for hydroxylation is 1. The maximum absolute atomic E-state index is 12.0. The van der Waals surface area contributed by atoms with Gasteiger partial charge in [-0.1, -0.05) is 12.1 Å². The van der Waals surface area contributed by atoms with Crippen molar-refractivity contribution in [3.8, 4) is 0 Å². The fraction of sp³-hybridized carbons (Fsp3) is 0.158. The van der Waals surface area contributed by atoms with Gasteiger partial charge in [0.1, 0.15) is 0 Å². The van der Waals surface area contributed by atoms with Crippen molar-refractivity contribution in [3.63, 3.8) is 0 Å². The number of thiophene rings is 1. The standard InChI is InChI=1S/C19H18N2OS2/c22-19(10-9-17-4-2-12-23-17)21-16-5-7-18(8-6-16)24-14-15-3-1-11-20-13-15/h1-8,11-13H,9-10,14H2,(H,21,22). The van der Waals surface area contributed by atoms with E-state index in [0.717, 1.165) is 17.9 Å². The van der Waals surface area contributed by atoms with Gasteiger partial charge in [-0.15, -0.1) is 23.1 Å². The second kappa shape index (κ2) is 8.66. The van der Waals surface area contributed by atoms with Crippen molar-refractivity contribution in [2.24, 2.45) is 0 Å². The van der Waals surface area contributed by atoms with Gasteiger partial charge in [0.05, 0.1) is 0 Å². The Labute approximate surface area is 150 Å². The number of benzene rings is 1. The molecule has 0 saturated carbocycles. The second-order valence-electron chi connectivity index (χ2n) is 5.30. The van der Waals surface area contributed by atoms with Gasteiger partial charge in [0.2, 0.25) is 5.91 Å². The number of amides is 1. The van der Waals surface area contributed by atoms with Gasteiger partial charge in [-0.05, 0) is 53.8 Å². The molecule has 0 aliphatic heterocycles. The summed E-state index contributed by atoms with van der Waals surface area (Å²) in [6.45, 7) is 0. The van der Waals surface area contributed by atoms with Crippen LogP contribution in [0.3, 0.4) is 0 Å². The Kier molecular flexibility index (Phi) is 6.04. The van der Waals surface area contributed by atoms with E-state index < -0.39 is 0 Å². The molecule has 24 heavy (non-hydrogen) atoms. The second-order valence-corrected chi connectivity index (χ2v) is 7.38. The molecular weight excluding hydrogens is 336 g/mol. The molecule has 3 nitrogen and oxygen atoms in total. The van der Waals surface area contributed by atoms with Gasteiger partial charge < -0.3 is 5.32 Å². The average molecular weight is 355 g/mol. The lowest BCUT2D eigenvalue weighted by atomic mass is 10.2. The lowest BCUT2D eigenvalue weighted by molar-refractivity contribution is -0.116. The molecule has 3 aromatic rings. The van der Waals surface area contributed by atoms with E-state index >= 15 is 0 Å². The molecule has 0 aliphatic rings. The molecule has 1 N–H and O–H groups in total. The van der Waals surface area contributed by atoms with Crippen molar-refractivity contribution in [2.75, 3.05) is 5.32 Å². The summed E-state index contributed by atoms with van der Waals surface area (Å²) in [7, 11) is 0. The van der Waals surface area contributed by atoms with Gasteiger partial charge in [0, 0.05) is 40.0 Å². The third kappa shape index (κ3) is 5.22. The minimum Gasteiger partial charge on any atom is -0.326 e. The number of hydrogen-bond donors (Lipinski definition) is 1. The zero-order chi connectivity index (χ0) is 16.6. The van der Waals surface area contributed by atoms with Gasteiger partial charge >= 0.3 is 0 Å². The summed E-state index contributed by atoms with van der Waals surface area (Å²) in [5.41, 5.74) is 2.05. The summed E-state index contributed by atoms with van der Waals surface area (Å²) in [5.74, 6) is 0.944. The summed E-state index contributed by atoms with van der Waals surface area (Å²) in [6.07, 6.45) is 4.97. The number of carbonyl (C=O) groups is 1. The average Bonchev–Trinajstić information content (AvgIpc) is 3.14. The predicted octanol–water partition coefficient (Wildman–Crippen LogP) is 5.01. The zero-order valence-electron chi connectivity index (χ0n) is 13.1. The molecule has 0 bridgehead atoms. The third-order valence-electron chi connectivity index (χ3n) is 3.44. The Morgan fingerprint density at radius 2 is 2.00 bits per heavy atom. The number of aromatic nitrogens is 1. The van der Waals surface area contributed by atoms with E-state index in [-0.39, 0.29) is 5.91 Å². The number of nitrogens with one attached hydrogen (secondary N) is 1. The Morgan fingerprint density at radius 3 is 2.71 bits per heavy atom. The van der Waals surface area contributed by atoms with Crippen LogP contribution in [-0.2, 0) is 17.0 Å². The van der Waals surface area contributed by atoms with E-state index in [1.54, 1.807) is 29.3 Å². The Balaban J connectivity index is 1.46. The number of pyridine rings is 1. The molecule has 1 amide bonds. The SMILES string of the molecule is O=C(CCc1cccs1)Nc1ccc(SCc2cccnc2)cc1. The molecule has 0 atom stereocenters. The Bertz CT molecular complexity index is 756. The largest absolute Gasteiger partial charge is 0.326 e. The van der Waals surface area contributed by atoms with E-state index in [0.29, 0.717) is 6.42 Å². The van der Waals surface area contributed by atoms with Crippen molar-refractivity contribution in [1.29, 1.82) is 0 Å². The summed E-state index contributed by atoms with van der Waals surface area (Å²) < 4.78 is 0. The number of carbonyl (C=O) groups excluding carboxylic acids is 1. The molecule has 0 saturated heterocycles. The Morgan fingerprint density at radius 1 is 1.12 bits per heavy atom. The van der Waals surface area contributed by atoms with Gasteiger partial charge in [0.15, 0.2) is 0 Å². The molecule has 1 aromatic carbocycles. The number of rotatable bonds is 7. The van der Waals surface area contributed by atoms with E-state index in [1.165, 1.54) is 15.3 Å². The highest BCUT2D eigenvalue weighted by Gasteiger charge is 2.04. The first-order valence-electron chi connectivity index (χ1n) is 7.73. The molecule has 2 heterocycles. The highest BCUT2D eigenvalue weighted by atomic mass is 32.2. The molecule has 3 rings (SSSR count). The summed E-state index contributed by atoms with van der Waals surface area (Å²) in [4.78, 5) is 18.5. The summed E-state index contributed by atoms with van der Waals surface area (Å²) in [6, 6.07) is 16.1. The van der Waals surface area contributed by atoms with Gasteiger partial charge in [0.25, 0.3) is 0 Å².